The predicted molar refractivity (Wildman–Crippen MR) is 100.0 cm³/mol. The van der Waals surface area contributed by atoms with Crippen LogP contribution in [0.4, 0.5) is 0 Å². The molecule has 0 spiro atoms. The lowest BCUT2D eigenvalue weighted by molar-refractivity contribution is -0.126. The van der Waals surface area contributed by atoms with E-state index in [1.165, 1.54) is 0 Å². The van der Waals surface area contributed by atoms with Crippen molar-refractivity contribution in [2.75, 3.05) is 13.1 Å². The van der Waals surface area contributed by atoms with E-state index in [2.05, 4.69) is 5.32 Å². The minimum atomic E-state index is -0.0501. The Kier molecular flexibility index (Phi) is 4.55. The number of furan rings is 1. The fraction of sp³-hybridized carbons (Fsp3) is 0.368. The summed E-state index contributed by atoms with van der Waals surface area (Å²) in [7, 11) is 1.93. The summed E-state index contributed by atoms with van der Waals surface area (Å²) >= 11 is 1.64. The second-order valence-corrected chi connectivity index (χ2v) is 7.57. The van der Waals surface area contributed by atoms with E-state index in [0.717, 1.165) is 16.0 Å². The van der Waals surface area contributed by atoms with Crippen molar-refractivity contribution in [3.63, 3.8) is 0 Å². The normalized spacial score (nSPS) is 15.5. The second kappa shape index (κ2) is 6.99. The quantitative estimate of drug-likeness (QED) is 0.767. The summed E-state index contributed by atoms with van der Waals surface area (Å²) in [6.45, 7) is 1.62. The molecule has 0 aliphatic carbocycles. The SMILES string of the molecule is Cn1c(C(=O)N2CCC(C(=O)NCc3ccco3)CC2)cc2sccc21. The highest BCUT2D eigenvalue weighted by Crippen LogP contribution is 2.26. The Morgan fingerprint density at radius 3 is 2.81 bits per heavy atom. The fourth-order valence-electron chi connectivity index (χ4n) is 3.49. The Labute approximate surface area is 155 Å². The van der Waals surface area contributed by atoms with Crippen LogP contribution in [0.5, 0.6) is 0 Å². The van der Waals surface area contributed by atoms with E-state index >= 15 is 0 Å². The molecule has 0 unspecified atom stereocenters. The molecule has 0 bridgehead atoms. The molecule has 2 amide bonds. The number of carbonyl (C=O) groups is 2. The number of thiophene rings is 1. The van der Waals surface area contributed by atoms with E-state index in [1.807, 2.05) is 40.1 Å². The van der Waals surface area contributed by atoms with Crippen molar-refractivity contribution in [3.05, 3.63) is 47.4 Å². The van der Waals surface area contributed by atoms with Crippen molar-refractivity contribution >= 4 is 33.4 Å². The van der Waals surface area contributed by atoms with Gasteiger partial charge in [0.1, 0.15) is 11.5 Å². The fourth-order valence-corrected chi connectivity index (χ4v) is 4.34. The van der Waals surface area contributed by atoms with Crippen LogP contribution in [0.1, 0.15) is 29.1 Å². The standard InChI is InChI=1S/C19H21N3O3S/c1-21-15-6-10-26-17(15)11-16(21)19(24)22-7-4-13(5-8-22)18(23)20-12-14-3-2-9-25-14/h2-3,6,9-11,13H,4-5,7-8,12H2,1H3,(H,20,23). The topological polar surface area (TPSA) is 67.5 Å². The van der Waals surface area contributed by atoms with Crippen LogP contribution in [0.15, 0.2) is 40.3 Å². The predicted octanol–water partition coefficient (Wildman–Crippen LogP) is 3.00. The summed E-state index contributed by atoms with van der Waals surface area (Å²) < 4.78 is 8.31. The first-order valence-electron chi connectivity index (χ1n) is 8.76. The van der Waals surface area contributed by atoms with Gasteiger partial charge in [-0.15, -0.1) is 11.3 Å². The number of aromatic nitrogens is 1. The van der Waals surface area contributed by atoms with Gasteiger partial charge in [0.25, 0.3) is 5.91 Å². The molecule has 0 saturated carbocycles. The number of hydrogen-bond acceptors (Lipinski definition) is 4. The number of likely N-dealkylation sites (tertiary alicyclic amines) is 1. The lowest BCUT2D eigenvalue weighted by atomic mass is 9.95. The van der Waals surface area contributed by atoms with Gasteiger partial charge in [0.05, 0.1) is 23.0 Å². The lowest BCUT2D eigenvalue weighted by Crippen LogP contribution is -2.43. The number of hydrogen-bond donors (Lipinski definition) is 1. The van der Waals surface area contributed by atoms with E-state index in [9.17, 15) is 9.59 Å². The lowest BCUT2D eigenvalue weighted by Gasteiger charge is -2.31. The van der Waals surface area contributed by atoms with Gasteiger partial charge in [-0.05, 0) is 42.5 Å². The van der Waals surface area contributed by atoms with Crippen LogP contribution in [-0.2, 0) is 18.4 Å². The van der Waals surface area contributed by atoms with Crippen molar-refractivity contribution in [3.8, 4) is 0 Å². The smallest absolute Gasteiger partial charge is 0.270 e. The molecule has 1 N–H and O–H groups in total. The Hall–Kier alpha value is -2.54. The van der Waals surface area contributed by atoms with E-state index < -0.39 is 0 Å². The highest BCUT2D eigenvalue weighted by molar-refractivity contribution is 7.17. The van der Waals surface area contributed by atoms with Crippen LogP contribution in [-0.4, -0.2) is 34.4 Å². The van der Waals surface area contributed by atoms with Gasteiger partial charge in [-0.2, -0.15) is 0 Å². The number of carbonyl (C=O) groups excluding carboxylic acids is 2. The monoisotopic (exact) mass is 371 g/mol. The van der Waals surface area contributed by atoms with Gasteiger partial charge in [-0.25, -0.2) is 0 Å². The number of fused-ring (bicyclic) bond motifs is 1. The van der Waals surface area contributed by atoms with E-state index in [4.69, 9.17) is 4.42 Å². The molecule has 26 heavy (non-hydrogen) atoms. The van der Waals surface area contributed by atoms with Gasteiger partial charge < -0.3 is 19.2 Å². The molecule has 0 atom stereocenters. The van der Waals surface area contributed by atoms with Crippen LogP contribution in [0.2, 0.25) is 0 Å². The second-order valence-electron chi connectivity index (χ2n) is 6.62. The average molecular weight is 371 g/mol. The van der Waals surface area contributed by atoms with E-state index in [-0.39, 0.29) is 17.7 Å². The summed E-state index contributed by atoms with van der Waals surface area (Å²) in [4.78, 5) is 27.0. The summed E-state index contributed by atoms with van der Waals surface area (Å²) in [5, 5.41) is 4.95. The highest BCUT2D eigenvalue weighted by atomic mass is 32.1. The number of aryl methyl sites for hydroxylation is 1. The zero-order valence-electron chi connectivity index (χ0n) is 14.6. The van der Waals surface area contributed by atoms with Gasteiger partial charge in [0.2, 0.25) is 5.91 Å². The Balaban J connectivity index is 1.34. The summed E-state index contributed by atoms with van der Waals surface area (Å²) in [5.41, 5.74) is 1.80. The van der Waals surface area contributed by atoms with E-state index in [1.54, 1.807) is 23.7 Å². The van der Waals surface area contributed by atoms with Crippen LogP contribution in [0, 0.1) is 5.92 Å². The first-order valence-corrected chi connectivity index (χ1v) is 9.64. The molecule has 1 fully saturated rings. The molecule has 1 aliphatic heterocycles. The molecule has 7 heteroatoms. The number of nitrogens with zero attached hydrogens (tertiary/aromatic N) is 2. The minimum absolute atomic E-state index is 0.0351. The summed E-state index contributed by atoms with van der Waals surface area (Å²) in [6.07, 6.45) is 2.97. The van der Waals surface area contributed by atoms with Crippen molar-refractivity contribution in [2.45, 2.75) is 19.4 Å². The number of amides is 2. The van der Waals surface area contributed by atoms with Gasteiger partial charge in [-0.3, -0.25) is 9.59 Å². The Bertz CT molecular complexity index is 917. The Morgan fingerprint density at radius 1 is 1.31 bits per heavy atom. The molecule has 0 aromatic carbocycles. The first kappa shape index (κ1) is 16.9. The maximum absolute atomic E-state index is 12.8. The zero-order valence-corrected chi connectivity index (χ0v) is 15.4. The molecule has 4 rings (SSSR count). The van der Waals surface area contributed by atoms with Crippen molar-refractivity contribution in [1.29, 1.82) is 0 Å². The molecular weight excluding hydrogens is 350 g/mol. The molecule has 1 saturated heterocycles. The minimum Gasteiger partial charge on any atom is -0.467 e. The van der Waals surface area contributed by atoms with Gasteiger partial charge >= 0.3 is 0 Å². The maximum Gasteiger partial charge on any atom is 0.270 e. The third kappa shape index (κ3) is 3.14. The largest absolute Gasteiger partial charge is 0.467 e. The molecule has 1 aliphatic rings. The number of rotatable bonds is 4. The average Bonchev–Trinajstić information content (AvgIpc) is 3.39. The van der Waals surface area contributed by atoms with E-state index in [0.29, 0.717) is 38.2 Å². The third-order valence-corrected chi connectivity index (χ3v) is 5.91. The summed E-state index contributed by atoms with van der Waals surface area (Å²) in [5.74, 6) is 0.777. The molecule has 3 aromatic heterocycles. The Morgan fingerprint density at radius 2 is 2.12 bits per heavy atom. The van der Waals surface area contributed by atoms with Crippen molar-refractivity contribution < 1.29 is 14.0 Å². The third-order valence-electron chi connectivity index (χ3n) is 5.05. The van der Waals surface area contributed by atoms with Crippen molar-refractivity contribution in [1.82, 2.24) is 14.8 Å². The highest BCUT2D eigenvalue weighted by Gasteiger charge is 2.29. The van der Waals surface area contributed by atoms with Crippen LogP contribution in [0.25, 0.3) is 10.2 Å². The number of nitrogens with one attached hydrogen (secondary N) is 1. The zero-order chi connectivity index (χ0) is 18.1. The molecule has 3 aromatic rings. The molecular formula is C19H21N3O3S. The van der Waals surface area contributed by atoms with Gasteiger partial charge in [0, 0.05) is 26.1 Å². The summed E-state index contributed by atoms with van der Waals surface area (Å²) in [6, 6.07) is 7.64. The number of piperidine rings is 1. The molecule has 4 heterocycles. The molecule has 0 radical (unpaired) electrons. The maximum atomic E-state index is 12.8. The molecule has 136 valence electrons. The van der Waals surface area contributed by atoms with Crippen LogP contribution < -0.4 is 5.32 Å². The van der Waals surface area contributed by atoms with Crippen LogP contribution >= 0.6 is 11.3 Å². The van der Waals surface area contributed by atoms with Crippen LogP contribution in [0.3, 0.4) is 0 Å². The van der Waals surface area contributed by atoms with Crippen molar-refractivity contribution in [2.24, 2.45) is 13.0 Å². The van der Waals surface area contributed by atoms with Gasteiger partial charge in [0.15, 0.2) is 0 Å². The van der Waals surface area contributed by atoms with Gasteiger partial charge in [-0.1, -0.05) is 0 Å². The first-order chi connectivity index (χ1) is 12.6. The molecule has 6 nitrogen and oxygen atoms in total.